The van der Waals surface area contributed by atoms with Crippen molar-refractivity contribution in [1.82, 2.24) is 5.32 Å². The van der Waals surface area contributed by atoms with Crippen LogP contribution in [0.25, 0.3) is 0 Å². The number of hydrogen-bond donors (Lipinski definition) is 1. The molecular formula is C17H18ClNO4. The SMILES string of the molecule is Cc1ccc(C(C)NC(=O)Cc2cc(Cl)c3c(c2)OCCO3)o1. The van der Waals surface area contributed by atoms with Crippen LogP contribution in [0, 0.1) is 6.92 Å². The van der Waals surface area contributed by atoms with Gasteiger partial charge in [-0.1, -0.05) is 11.6 Å². The van der Waals surface area contributed by atoms with Gasteiger partial charge in [0, 0.05) is 0 Å². The number of carbonyl (C=O) groups is 1. The second-order valence-corrected chi connectivity index (χ2v) is 5.92. The molecule has 2 aromatic rings. The zero-order valence-electron chi connectivity index (χ0n) is 13.0. The van der Waals surface area contributed by atoms with Crippen LogP contribution in [-0.2, 0) is 11.2 Å². The second-order valence-electron chi connectivity index (χ2n) is 5.52. The maximum absolute atomic E-state index is 12.2. The van der Waals surface area contributed by atoms with E-state index in [4.69, 9.17) is 25.5 Å². The Labute approximate surface area is 139 Å². The standard InChI is InChI=1S/C17H18ClNO4/c1-10-3-4-14(23-10)11(2)19-16(20)9-12-7-13(18)17-15(8-12)21-5-6-22-17/h3-4,7-8,11H,5-6,9H2,1-2H3,(H,19,20). The van der Waals surface area contributed by atoms with Crippen LogP contribution in [-0.4, -0.2) is 19.1 Å². The number of fused-ring (bicyclic) bond motifs is 1. The Bertz CT molecular complexity index is 725. The average molecular weight is 336 g/mol. The summed E-state index contributed by atoms with van der Waals surface area (Å²) in [5.74, 6) is 2.57. The van der Waals surface area contributed by atoms with Crippen molar-refractivity contribution in [3.8, 4) is 11.5 Å². The van der Waals surface area contributed by atoms with Gasteiger partial charge in [-0.2, -0.15) is 0 Å². The summed E-state index contributed by atoms with van der Waals surface area (Å²) in [4.78, 5) is 12.2. The normalized spacial score (nSPS) is 14.4. The van der Waals surface area contributed by atoms with E-state index in [0.29, 0.717) is 29.7 Å². The van der Waals surface area contributed by atoms with Crippen LogP contribution in [0.5, 0.6) is 11.5 Å². The van der Waals surface area contributed by atoms with E-state index in [9.17, 15) is 4.79 Å². The van der Waals surface area contributed by atoms with Crippen molar-refractivity contribution < 1.29 is 18.7 Å². The highest BCUT2D eigenvalue weighted by Gasteiger charge is 2.19. The molecule has 2 heterocycles. The van der Waals surface area contributed by atoms with Crippen LogP contribution >= 0.6 is 11.6 Å². The monoisotopic (exact) mass is 335 g/mol. The maximum atomic E-state index is 12.2. The first kappa shape index (κ1) is 15.7. The molecule has 23 heavy (non-hydrogen) atoms. The van der Waals surface area contributed by atoms with Gasteiger partial charge in [0.05, 0.1) is 17.5 Å². The van der Waals surface area contributed by atoms with E-state index in [1.165, 1.54) is 0 Å². The fourth-order valence-electron chi connectivity index (χ4n) is 2.50. The van der Waals surface area contributed by atoms with E-state index >= 15 is 0 Å². The quantitative estimate of drug-likeness (QED) is 0.929. The van der Waals surface area contributed by atoms with Gasteiger partial charge in [-0.25, -0.2) is 0 Å². The van der Waals surface area contributed by atoms with E-state index in [2.05, 4.69) is 5.32 Å². The van der Waals surface area contributed by atoms with Crippen LogP contribution in [0.3, 0.4) is 0 Å². The Morgan fingerprint density at radius 2 is 2.09 bits per heavy atom. The molecule has 0 saturated heterocycles. The molecule has 0 fully saturated rings. The van der Waals surface area contributed by atoms with Crippen molar-refractivity contribution in [2.45, 2.75) is 26.3 Å². The number of furan rings is 1. The Hall–Kier alpha value is -2.14. The molecule has 1 aliphatic heterocycles. The Kier molecular flexibility index (Phi) is 4.48. The number of amides is 1. The lowest BCUT2D eigenvalue weighted by Crippen LogP contribution is -2.28. The minimum atomic E-state index is -0.191. The molecule has 1 aliphatic rings. The van der Waals surface area contributed by atoms with Gasteiger partial charge in [-0.05, 0) is 43.7 Å². The lowest BCUT2D eigenvalue weighted by molar-refractivity contribution is -0.121. The summed E-state index contributed by atoms with van der Waals surface area (Å²) in [5.41, 5.74) is 0.777. The van der Waals surface area contributed by atoms with Crippen LogP contribution in [0.4, 0.5) is 0 Å². The number of benzene rings is 1. The predicted octanol–water partition coefficient (Wildman–Crippen LogP) is 3.43. The van der Waals surface area contributed by atoms with Crippen molar-refractivity contribution in [3.05, 3.63) is 46.4 Å². The molecule has 0 bridgehead atoms. The largest absolute Gasteiger partial charge is 0.486 e. The molecule has 1 N–H and O–H groups in total. The summed E-state index contributed by atoms with van der Waals surface area (Å²) in [6, 6.07) is 7.07. The van der Waals surface area contributed by atoms with E-state index in [1.807, 2.05) is 26.0 Å². The maximum Gasteiger partial charge on any atom is 0.225 e. The number of carbonyl (C=O) groups excluding carboxylic acids is 1. The van der Waals surface area contributed by atoms with Crippen molar-refractivity contribution in [2.24, 2.45) is 0 Å². The first-order valence-electron chi connectivity index (χ1n) is 7.46. The molecule has 0 spiro atoms. The lowest BCUT2D eigenvalue weighted by atomic mass is 10.1. The Morgan fingerprint density at radius 3 is 2.83 bits per heavy atom. The van der Waals surface area contributed by atoms with Crippen molar-refractivity contribution in [1.29, 1.82) is 0 Å². The third-order valence-corrected chi connectivity index (χ3v) is 3.87. The summed E-state index contributed by atoms with van der Waals surface area (Å²) < 4.78 is 16.5. The van der Waals surface area contributed by atoms with Crippen LogP contribution in [0.1, 0.15) is 30.0 Å². The molecule has 1 amide bonds. The summed E-state index contributed by atoms with van der Waals surface area (Å²) in [6.07, 6.45) is 0.209. The lowest BCUT2D eigenvalue weighted by Gasteiger charge is -2.20. The average Bonchev–Trinajstić information content (AvgIpc) is 2.94. The Morgan fingerprint density at radius 1 is 1.30 bits per heavy atom. The highest BCUT2D eigenvalue weighted by Crippen LogP contribution is 2.38. The first-order valence-corrected chi connectivity index (χ1v) is 7.84. The van der Waals surface area contributed by atoms with Crippen molar-refractivity contribution in [3.63, 3.8) is 0 Å². The van der Waals surface area contributed by atoms with Gasteiger partial charge in [0.2, 0.25) is 5.91 Å². The summed E-state index contributed by atoms with van der Waals surface area (Å²) in [6.45, 7) is 4.71. The fraction of sp³-hybridized carbons (Fsp3) is 0.353. The smallest absolute Gasteiger partial charge is 0.225 e. The molecular weight excluding hydrogens is 318 g/mol. The van der Waals surface area contributed by atoms with Crippen LogP contribution in [0.2, 0.25) is 5.02 Å². The predicted molar refractivity (Wildman–Crippen MR) is 86.1 cm³/mol. The zero-order valence-corrected chi connectivity index (χ0v) is 13.8. The van der Waals surface area contributed by atoms with E-state index in [0.717, 1.165) is 17.1 Å². The molecule has 1 aromatic heterocycles. The molecule has 122 valence electrons. The zero-order chi connectivity index (χ0) is 16.4. The van der Waals surface area contributed by atoms with Crippen molar-refractivity contribution >= 4 is 17.5 Å². The number of ether oxygens (including phenoxy) is 2. The summed E-state index contributed by atoms with van der Waals surface area (Å²) in [7, 11) is 0. The van der Waals surface area contributed by atoms with Gasteiger partial charge >= 0.3 is 0 Å². The third kappa shape index (κ3) is 3.62. The minimum Gasteiger partial charge on any atom is -0.486 e. The number of rotatable bonds is 4. The van der Waals surface area contributed by atoms with Gasteiger partial charge in [-0.15, -0.1) is 0 Å². The molecule has 0 saturated carbocycles. The number of aryl methyl sites for hydroxylation is 1. The van der Waals surface area contributed by atoms with Gasteiger partial charge < -0.3 is 19.2 Å². The topological polar surface area (TPSA) is 60.7 Å². The summed E-state index contributed by atoms with van der Waals surface area (Å²) >= 11 is 6.18. The second kappa shape index (κ2) is 6.54. The first-order chi connectivity index (χ1) is 11.0. The van der Waals surface area contributed by atoms with Crippen LogP contribution < -0.4 is 14.8 Å². The highest BCUT2D eigenvalue weighted by atomic mass is 35.5. The molecule has 3 rings (SSSR count). The van der Waals surface area contributed by atoms with Gasteiger partial charge in [-0.3, -0.25) is 4.79 Å². The molecule has 1 unspecified atom stereocenters. The molecule has 5 nitrogen and oxygen atoms in total. The number of hydrogen-bond acceptors (Lipinski definition) is 4. The number of nitrogens with one attached hydrogen (secondary N) is 1. The van der Waals surface area contributed by atoms with E-state index < -0.39 is 0 Å². The molecule has 6 heteroatoms. The van der Waals surface area contributed by atoms with E-state index in [1.54, 1.807) is 12.1 Å². The Balaban J connectivity index is 1.67. The van der Waals surface area contributed by atoms with Crippen LogP contribution in [0.15, 0.2) is 28.7 Å². The molecule has 1 aromatic carbocycles. The van der Waals surface area contributed by atoms with Gasteiger partial charge in [0.15, 0.2) is 11.5 Å². The highest BCUT2D eigenvalue weighted by molar-refractivity contribution is 6.32. The third-order valence-electron chi connectivity index (χ3n) is 3.59. The van der Waals surface area contributed by atoms with E-state index in [-0.39, 0.29) is 18.4 Å². The molecule has 1 atom stereocenters. The summed E-state index contributed by atoms with van der Waals surface area (Å²) in [5, 5.41) is 3.37. The fourth-order valence-corrected chi connectivity index (χ4v) is 2.79. The molecule has 0 radical (unpaired) electrons. The van der Waals surface area contributed by atoms with Crippen molar-refractivity contribution in [2.75, 3.05) is 13.2 Å². The van der Waals surface area contributed by atoms with Gasteiger partial charge in [0.25, 0.3) is 0 Å². The van der Waals surface area contributed by atoms with Gasteiger partial charge in [0.1, 0.15) is 24.7 Å². The minimum absolute atomic E-state index is 0.112. The number of halogens is 1. The molecule has 0 aliphatic carbocycles.